The molecule has 0 aromatic heterocycles. The maximum absolute atomic E-state index is 12.1. The van der Waals surface area contributed by atoms with Crippen LogP contribution in [0.1, 0.15) is 38.3 Å². The Morgan fingerprint density at radius 3 is 2.70 bits per heavy atom. The molecule has 2 atom stereocenters. The monoisotopic (exact) mass is 342 g/mol. The largest absolute Gasteiger partial charge is 0.496 e. The van der Waals surface area contributed by atoms with E-state index < -0.39 is 0 Å². The fraction of sp³-hybridized carbons (Fsp3) is 0.533. The van der Waals surface area contributed by atoms with E-state index in [4.69, 9.17) is 10.5 Å². The third-order valence-corrected chi connectivity index (χ3v) is 3.94. The van der Waals surface area contributed by atoms with Crippen molar-refractivity contribution in [1.29, 1.82) is 0 Å². The van der Waals surface area contributed by atoms with Gasteiger partial charge in [0.1, 0.15) is 5.75 Å². The second-order valence-corrected chi connectivity index (χ2v) is 5.81. The fourth-order valence-corrected chi connectivity index (χ4v) is 2.50. The molecule has 5 heteroatoms. The lowest BCUT2D eigenvalue weighted by Crippen LogP contribution is -2.31. The summed E-state index contributed by atoms with van der Waals surface area (Å²) in [6.45, 7) is 4.53. The summed E-state index contributed by atoms with van der Waals surface area (Å²) in [5.41, 5.74) is 6.50. The van der Waals surface area contributed by atoms with E-state index in [1.54, 1.807) is 7.11 Å². The summed E-state index contributed by atoms with van der Waals surface area (Å²) in [7, 11) is 1.63. The van der Waals surface area contributed by atoms with Crippen LogP contribution in [0, 0.1) is 5.92 Å². The molecule has 1 amide bonds. The predicted molar refractivity (Wildman–Crippen MR) is 84.7 cm³/mol. The Morgan fingerprint density at radius 2 is 2.15 bits per heavy atom. The van der Waals surface area contributed by atoms with Gasteiger partial charge in [0, 0.05) is 5.92 Å². The fourth-order valence-electron chi connectivity index (χ4n) is 1.95. The summed E-state index contributed by atoms with van der Waals surface area (Å²) in [6.07, 6.45) is 1.69. The first-order valence-corrected chi connectivity index (χ1v) is 7.62. The van der Waals surface area contributed by atoms with E-state index >= 15 is 0 Å². The SMILES string of the molecule is COc1ccc(C(C)NC(=O)C(C)CCCN)cc1Br. The van der Waals surface area contributed by atoms with Crippen molar-refractivity contribution in [3.8, 4) is 5.75 Å². The van der Waals surface area contributed by atoms with Gasteiger partial charge in [-0.2, -0.15) is 0 Å². The third-order valence-electron chi connectivity index (χ3n) is 3.32. The van der Waals surface area contributed by atoms with E-state index in [0.29, 0.717) is 6.54 Å². The van der Waals surface area contributed by atoms with Crippen LogP contribution in [0.4, 0.5) is 0 Å². The van der Waals surface area contributed by atoms with Gasteiger partial charge in [-0.05, 0) is 59.9 Å². The number of carbonyl (C=O) groups is 1. The second kappa shape index (κ2) is 8.27. The number of benzene rings is 1. The molecule has 0 heterocycles. The van der Waals surface area contributed by atoms with Crippen LogP contribution in [-0.2, 0) is 4.79 Å². The summed E-state index contributed by atoms with van der Waals surface area (Å²) in [5, 5.41) is 3.03. The second-order valence-electron chi connectivity index (χ2n) is 4.96. The molecule has 0 aliphatic heterocycles. The number of nitrogens with two attached hydrogens (primary N) is 1. The standard InChI is InChI=1S/C15H23BrN2O2/c1-10(5-4-8-17)15(19)18-11(2)12-6-7-14(20-3)13(16)9-12/h6-7,9-11H,4-5,8,17H2,1-3H3,(H,18,19). The number of hydrogen-bond donors (Lipinski definition) is 2. The Labute approximate surface area is 129 Å². The Bertz CT molecular complexity index is 451. The number of ether oxygens (including phenoxy) is 1. The zero-order valence-electron chi connectivity index (χ0n) is 12.3. The number of carbonyl (C=O) groups excluding carboxylic acids is 1. The molecule has 0 bridgehead atoms. The van der Waals surface area contributed by atoms with Crippen LogP contribution in [-0.4, -0.2) is 19.6 Å². The van der Waals surface area contributed by atoms with Gasteiger partial charge in [0.05, 0.1) is 17.6 Å². The molecule has 112 valence electrons. The molecular weight excluding hydrogens is 320 g/mol. The molecule has 1 rings (SSSR count). The molecule has 0 spiro atoms. The highest BCUT2D eigenvalue weighted by Crippen LogP contribution is 2.28. The third kappa shape index (κ3) is 4.80. The van der Waals surface area contributed by atoms with E-state index in [9.17, 15) is 4.79 Å². The zero-order valence-corrected chi connectivity index (χ0v) is 13.9. The molecule has 0 aliphatic carbocycles. The van der Waals surface area contributed by atoms with Crippen LogP contribution < -0.4 is 15.8 Å². The van der Waals surface area contributed by atoms with E-state index in [1.807, 2.05) is 32.0 Å². The Balaban J connectivity index is 2.64. The lowest BCUT2D eigenvalue weighted by Gasteiger charge is -2.18. The Morgan fingerprint density at radius 1 is 1.45 bits per heavy atom. The van der Waals surface area contributed by atoms with Crippen molar-refractivity contribution >= 4 is 21.8 Å². The highest BCUT2D eigenvalue weighted by Gasteiger charge is 2.16. The molecule has 1 aromatic rings. The predicted octanol–water partition coefficient (Wildman–Crippen LogP) is 3.01. The minimum Gasteiger partial charge on any atom is -0.496 e. The van der Waals surface area contributed by atoms with E-state index in [1.165, 1.54) is 0 Å². The molecule has 0 saturated heterocycles. The van der Waals surface area contributed by atoms with Gasteiger partial charge in [0.25, 0.3) is 0 Å². The number of amides is 1. The van der Waals surface area contributed by atoms with Crippen molar-refractivity contribution in [3.63, 3.8) is 0 Å². The van der Waals surface area contributed by atoms with E-state index in [-0.39, 0.29) is 17.9 Å². The average Bonchev–Trinajstić information content (AvgIpc) is 2.44. The number of hydrogen-bond acceptors (Lipinski definition) is 3. The van der Waals surface area contributed by atoms with Crippen molar-refractivity contribution in [2.75, 3.05) is 13.7 Å². The number of methoxy groups -OCH3 is 1. The molecule has 0 fully saturated rings. The summed E-state index contributed by atoms with van der Waals surface area (Å²) >= 11 is 3.45. The molecule has 0 saturated carbocycles. The lowest BCUT2D eigenvalue weighted by molar-refractivity contribution is -0.125. The van der Waals surface area contributed by atoms with E-state index in [2.05, 4.69) is 21.2 Å². The van der Waals surface area contributed by atoms with Crippen molar-refractivity contribution < 1.29 is 9.53 Å². The molecular formula is C15H23BrN2O2. The Hall–Kier alpha value is -1.07. The maximum Gasteiger partial charge on any atom is 0.223 e. The number of nitrogens with one attached hydrogen (secondary N) is 1. The highest BCUT2D eigenvalue weighted by atomic mass is 79.9. The normalized spacial score (nSPS) is 13.7. The van der Waals surface area contributed by atoms with Gasteiger partial charge < -0.3 is 15.8 Å². The van der Waals surface area contributed by atoms with Crippen LogP contribution in [0.2, 0.25) is 0 Å². The molecule has 4 nitrogen and oxygen atoms in total. The maximum atomic E-state index is 12.1. The van der Waals surface area contributed by atoms with Gasteiger partial charge in [0.15, 0.2) is 0 Å². The molecule has 3 N–H and O–H groups in total. The summed E-state index contributed by atoms with van der Waals surface area (Å²) in [5.74, 6) is 0.837. The van der Waals surface area contributed by atoms with Crippen molar-refractivity contribution in [2.24, 2.45) is 11.7 Å². The Kier molecular flexibility index (Phi) is 7.02. The molecule has 2 unspecified atom stereocenters. The van der Waals surface area contributed by atoms with Gasteiger partial charge in [-0.3, -0.25) is 4.79 Å². The van der Waals surface area contributed by atoms with Crippen LogP contribution in [0.25, 0.3) is 0 Å². The van der Waals surface area contributed by atoms with Crippen molar-refractivity contribution in [1.82, 2.24) is 5.32 Å². The molecule has 1 aromatic carbocycles. The van der Waals surface area contributed by atoms with Crippen LogP contribution in [0.3, 0.4) is 0 Å². The first-order valence-electron chi connectivity index (χ1n) is 6.83. The molecule has 20 heavy (non-hydrogen) atoms. The topological polar surface area (TPSA) is 64.3 Å². The quantitative estimate of drug-likeness (QED) is 0.800. The molecule has 0 radical (unpaired) electrons. The minimum atomic E-state index is -0.0370. The lowest BCUT2D eigenvalue weighted by atomic mass is 10.0. The van der Waals surface area contributed by atoms with Crippen LogP contribution in [0.5, 0.6) is 5.75 Å². The minimum absolute atomic E-state index is 0.0114. The smallest absolute Gasteiger partial charge is 0.223 e. The first kappa shape index (κ1) is 17.0. The van der Waals surface area contributed by atoms with Gasteiger partial charge in [-0.15, -0.1) is 0 Å². The van der Waals surface area contributed by atoms with Crippen molar-refractivity contribution in [3.05, 3.63) is 28.2 Å². The van der Waals surface area contributed by atoms with Crippen molar-refractivity contribution in [2.45, 2.75) is 32.7 Å². The van der Waals surface area contributed by atoms with E-state index in [0.717, 1.165) is 28.6 Å². The molecule has 0 aliphatic rings. The van der Waals surface area contributed by atoms with Gasteiger partial charge >= 0.3 is 0 Å². The first-order chi connectivity index (χ1) is 9.49. The number of rotatable bonds is 7. The highest BCUT2D eigenvalue weighted by molar-refractivity contribution is 9.10. The summed E-state index contributed by atoms with van der Waals surface area (Å²) in [4.78, 5) is 12.1. The van der Waals surface area contributed by atoms with Crippen LogP contribution >= 0.6 is 15.9 Å². The summed E-state index contributed by atoms with van der Waals surface area (Å²) in [6, 6.07) is 5.78. The van der Waals surface area contributed by atoms with Crippen LogP contribution in [0.15, 0.2) is 22.7 Å². The zero-order chi connectivity index (χ0) is 15.1. The van der Waals surface area contributed by atoms with Gasteiger partial charge in [-0.1, -0.05) is 13.0 Å². The number of halogens is 1. The average molecular weight is 343 g/mol. The van der Waals surface area contributed by atoms with Gasteiger partial charge in [0.2, 0.25) is 5.91 Å². The van der Waals surface area contributed by atoms with Gasteiger partial charge in [-0.25, -0.2) is 0 Å². The summed E-state index contributed by atoms with van der Waals surface area (Å²) < 4.78 is 6.08.